The number of guanidine groups is 1. The van der Waals surface area contributed by atoms with E-state index in [9.17, 15) is 0 Å². The molecule has 0 bridgehead atoms. The molecule has 0 aliphatic carbocycles. The normalized spacial score (nSPS) is 11.0. The third-order valence-electron chi connectivity index (χ3n) is 3.06. The van der Waals surface area contributed by atoms with Crippen LogP contribution in [0.4, 0.5) is 0 Å². The molecule has 0 fully saturated rings. The Morgan fingerprint density at radius 3 is 2.61 bits per heavy atom. The third-order valence-corrected chi connectivity index (χ3v) is 4.08. The molecule has 1 aromatic carbocycles. The molecule has 4 nitrogen and oxygen atoms in total. The minimum Gasteiger partial charge on any atom is -0.357 e. The molecule has 126 valence electrons. The zero-order chi connectivity index (χ0) is 15.6. The summed E-state index contributed by atoms with van der Waals surface area (Å²) in [6.07, 6.45) is 4.14. The van der Waals surface area contributed by atoms with Crippen LogP contribution < -0.4 is 10.6 Å². The van der Waals surface area contributed by atoms with Crippen molar-refractivity contribution in [3.63, 3.8) is 0 Å². The van der Waals surface area contributed by atoms with Crippen LogP contribution in [0, 0.1) is 0 Å². The van der Waals surface area contributed by atoms with Gasteiger partial charge in [-0.3, -0.25) is 0 Å². The number of hydrogen-bond donors (Lipinski definition) is 2. The summed E-state index contributed by atoms with van der Waals surface area (Å²) in [6.45, 7) is 4.53. The molecule has 0 saturated heterocycles. The fourth-order valence-corrected chi connectivity index (χ4v) is 2.81. The molecule has 0 atom stereocenters. The molecule has 1 aromatic heterocycles. The fourth-order valence-electron chi connectivity index (χ4n) is 2.02. The Bertz CT molecular complexity index is 583. The largest absolute Gasteiger partial charge is 0.357 e. The van der Waals surface area contributed by atoms with Crippen LogP contribution >= 0.6 is 35.7 Å². The van der Waals surface area contributed by atoms with E-state index in [0.29, 0.717) is 6.54 Å². The van der Waals surface area contributed by atoms with Crippen molar-refractivity contribution in [3.8, 4) is 0 Å². The smallest absolute Gasteiger partial charge is 0.191 e. The van der Waals surface area contributed by atoms with Gasteiger partial charge in [-0.05, 0) is 30.7 Å². The molecule has 1 heterocycles. The molecular weight excluding hydrogens is 419 g/mol. The fraction of sp³-hybridized carbons (Fsp3) is 0.353. The number of thioether (sulfide) groups is 1. The van der Waals surface area contributed by atoms with Crippen molar-refractivity contribution in [1.29, 1.82) is 0 Å². The van der Waals surface area contributed by atoms with Gasteiger partial charge in [-0.2, -0.15) is 0 Å². The predicted molar refractivity (Wildman–Crippen MR) is 111 cm³/mol. The van der Waals surface area contributed by atoms with E-state index in [1.54, 1.807) is 0 Å². The highest BCUT2D eigenvalue weighted by Gasteiger charge is 1.99. The van der Waals surface area contributed by atoms with Crippen LogP contribution in [0.3, 0.4) is 0 Å². The second-order valence-corrected chi connectivity index (χ2v) is 6.14. The van der Waals surface area contributed by atoms with Crippen molar-refractivity contribution in [2.24, 2.45) is 12.0 Å². The lowest BCUT2D eigenvalue weighted by molar-refractivity contribution is 0.841. The summed E-state index contributed by atoms with van der Waals surface area (Å²) in [5.74, 6) is 1.89. The summed E-state index contributed by atoms with van der Waals surface area (Å²) >= 11 is 1.85. The quantitative estimate of drug-likeness (QED) is 0.226. The van der Waals surface area contributed by atoms with Crippen molar-refractivity contribution in [1.82, 2.24) is 15.2 Å². The van der Waals surface area contributed by atoms with Crippen molar-refractivity contribution >= 4 is 41.7 Å². The van der Waals surface area contributed by atoms with Gasteiger partial charge in [-0.15, -0.1) is 35.7 Å². The SMILES string of the molecule is CCNC(=NCc1ccn(C)c1)NCCSc1ccccc1.I. The molecule has 0 aliphatic heterocycles. The van der Waals surface area contributed by atoms with E-state index in [2.05, 4.69) is 59.1 Å². The Morgan fingerprint density at radius 2 is 1.96 bits per heavy atom. The lowest BCUT2D eigenvalue weighted by atomic mass is 10.3. The topological polar surface area (TPSA) is 41.4 Å². The second kappa shape index (κ2) is 11.4. The number of nitrogens with one attached hydrogen (secondary N) is 2. The molecule has 0 aliphatic rings. The van der Waals surface area contributed by atoms with Gasteiger partial charge in [-0.1, -0.05) is 18.2 Å². The van der Waals surface area contributed by atoms with Gasteiger partial charge < -0.3 is 15.2 Å². The maximum atomic E-state index is 4.61. The van der Waals surface area contributed by atoms with Gasteiger partial charge >= 0.3 is 0 Å². The molecule has 0 unspecified atom stereocenters. The first-order valence-electron chi connectivity index (χ1n) is 7.59. The van der Waals surface area contributed by atoms with Crippen LogP contribution in [0.2, 0.25) is 0 Å². The van der Waals surface area contributed by atoms with Gasteiger partial charge in [-0.25, -0.2) is 4.99 Å². The zero-order valence-electron chi connectivity index (χ0n) is 13.7. The van der Waals surface area contributed by atoms with E-state index in [1.807, 2.05) is 35.6 Å². The highest BCUT2D eigenvalue weighted by Crippen LogP contribution is 2.15. The first-order valence-corrected chi connectivity index (χ1v) is 8.57. The van der Waals surface area contributed by atoms with E-state index in [-0.39, 0.29) is 24.0 Å². The summed E-state index contributed by atoms with van der Waals surface area (Å²) in [5.41, 5.74) is 1.22. The van der Waals surface area contributed by atoms with Crippen molar-refractivity contribution < 1.29 is 0 Å². The zero-order valence-corrected chi connectivity index (χ0v) is 16.8. The third kappa shape index (κ3) is 7.78. The first kappa shape index (κ1) is 19.9. The molecule has 23 heavy (non-hydrogen) atoms. The van der Waals surface area contributed by atoms with Gasteiger partial charge in [0.05, 0.1) is 6.54 Å². The van der Waals surface area contributed by atoms with Gasteiger partial charge in [0.1, 0.15) is 0 Å². The average molecular weight is 444 g/mol. The van der Waals surface area contributed by atoms with Gasteiger partial charge in [0.25, 0.3) is 0 Å². The minimum absolute atomic E-state index is 0. The van der Waals surface area contributed by atoms with Crippen LogP contribution in [-0.2, 0) is 13.6 Å². The number of benzene rings is 1. The van der Waals surface area contributed by atoms with E-state index >= 15 is 0 Å². The number of rotatable bonds is 7. The number of hydrogen-bond acceptors (Lipinski definition) is 2. The van der Waals surface area contributed by atoms with Crippen LogP contribution in [0.15, 0.2) is 58.7 Å². The van der Waals surface area contributed by atoms with Crippen LogP contribution in [0.25, 0.3) is 0 Å². The van der Waals surface area contributed by atoms with Gasteiger partial charge in [0.15, 0.2) is 5.96 Å². The Morgan fingerprint density at radius 1 is 1.17 bits per heavy atom. The van der Waals surface area contributed by atoms with Crippen molar-refractivity contribution in [2.75, 3.05) is 18.8 Å². The molecule has 2 aromatic rings. The van der Waals surface area contributed by atoms with E-state index in [1.165, 1.54) is 10.5 Å². The molecule has 0 radical (unpaired) electrons. The van der Waals surface area contributed by atoms with E-state index < -0.39 is 0 Å². The van der Waals surface area contributed by atoms with Gasteiger partial charge in [0, 0.05) is 43.2 Å². The van der Waals surface area contributed by atoms with E-state index in [0.717, 1.165) is 24.8 Å². The number of aromatic nitrogens is 1. The second-order valence-electron chi connectivity index (χ2n) is 4.97. The number of halogens is 1. The van der Waals surface area contributed by atoms with Crippen molar-refractivity contribution in [2.45, 2.75) is 18.4 Å². The Hall–Kier alpha value is -1.15. The monoisotopic (exact) mass is 444 g/mol. The summed E-state index contributed by atoms with van der Waals surface area (Å²) < 4.78 is 2.04. The van der Waals surface area contributed by atoms with Crippen LogP contribution in [-0.4, -0.2) is 29.4 Å². The number of nitrogens with zero attached hydrogens (tertiary/aromatic N) is 2. The predicted octanol–water partition coefficient (Wildman–Crippen LogP) is 3.49. The molecule has 2 N–H and O–H groups in total. The molecule has 0 saturated carbocycles. The molecule has 0 amide bonds. The Balaban J connectivity index is 0.00000264. The number of aliphatic imine (C=N–C) groups is 1. The van der Waals surface area contributed by atoms with Gasteiger partial charge in [0.2, 0.25) is 0 Å². The first-order chi connectivity index (χ1) is 10.8. The van der Waals surface area contributed by atoms with Crippen molar-refractivity contribution in [3.05, 3.63) is 54.4 Å². The Kier molecular flexibility index (Phi) is 9.86. The average Bonchev–Trinajstić information content (AvgIpc) is 2.95. The summed E-state index contributed by atoms with van der Waals surface area (Å²) in [5, 5.41) is 6.66. The lowest BCUT2D eigenvalue weighted by Crippen LogP contribution is -2.38. The highest BCUT2D eigenvalue weighted by atomic mass is 127. The maximum absolute atomic E-state index is 4.61. The van der Waals surface area contributed by atoms with Crippen LogP contribution in [0.1, 0.15) is 12.5 Å². The standard InChI is InChI=1S/C17H24N4S.HI/c1-3-18-17(20-13-15-9-11-21(2)14-15)19-10-12-22-16-7-5-4-6-8-16;/h4-9,11,14H,3,10,12-13H2,1-2H3,(H2,18,19,20);1H. The Labute approximate surface area is 160 Å². The summed E-state index contributed by atoms with van der Waals surface area (Å²) in [4.78, 5) is 5.91. The lowest BCUT2D eigenvalue weighted by Gasteiger charge is -2.11. The highest BCUT2D eigenvalue weighted by molar-refractivity contribution is 14.0. The molecule has 2 rings (SSSR count). The molecular formula is C17H25IN4S. The molecule has 6 heteroatoms. The molecule has 0 spiro atoms. The maximum Gasteiger partial charge on any atom is 0.191 e. The van der Waals surface area contributed by atoms with Crippen LogP contribution in [0.5, 0.6) is 0 Å². The summed E-state index contributed by atoms with van der Waals surface area (Å²) in [6, 6.07) is 12.6. The van der Waals surface area contributed by atoms with E-state index in [4.69, 9.17) is 0 Å². The number of aryl methyl sites for hydroxylation is 1. The minimum atomic E-state index is 0. The summed E-state index contributed by atoms with van der Waals surface area (Å²) in [7, 11) is 2.03.